The first-order valence-corrected chi connectivity index (χ1v) is 6.52. The van der Waals surface area contributed by atoms with Gasteiger partial charge in [0.1, 0.15) is 11.6 Å². The van der Waals surface area contributed by atoms with Gasteiger partial charge in [-0.25, -0.2) is 4.39 Å². The minimum absolute atomic E-state index is 0.0102. The lowest BCUT2D eigenvalue weighted by Gasteiger charge is -2.33. The number of rotatable bonds is 2. The van der Waals surface area contributed by atoms with Crippen molar-refractivity contribution < 1.29 is 9.50 Å². The van der Waals surface area contributed by atoms with Crippen molar-refractivity contribution >= 4 is 15.9 Å². The third kappa shape index (κ3) is 2.61. The SMILES string of the molecule is C[C@H](c1c(F)ccc(Br)c1O)N1CCNCC1. The van der Waals surface area contributed by atoms with E-state index in [1.54, 1.807) is 0 Å². The van der Waals surface area contributed by atoms with Crippen LogP contribution >= 0.6 is 15.9 Å². The molecule has 1 fully saturated rings. The summed E-state index contributed by atoms with van der Waals surface area (Å²) in [5.41, 5.74) is 0.376. The number of piperazine rings is 1. The fourth-order valence-electron chi connectivity index (χ4n) is 2.21. The second-order valence-electron chi connectivity index (χ2n) is 4.25. The molecule has 1 saturated heterocycles. The van der Waals surface area contributed by atoms with Gasteiger partial charge in [0.2, 0.25) is 0 Å². The van der Waals surface area contributed by atoms with Crippen LogP contribution in [0, 0.1) is 5.82 Å². The Labute approximate surface area is 109 Å². The van der Waals surface area contributed by atoms with Crippen molar-refractivity contribution in [2.75, 3.05) is 26.2 Å². The number of nitrogens with one attached hydrogen (secondary N) is 1. The van der Waals surface area contributed by atoms with Crippen LogP contribution in [0.15, 0.2) is 16.6 Å². The minimum atomic E-state index is -0.350. The summed E-state index contributed by atoms with van der Waals surface area (Å²) in [4.78, 5) is 2.17. The molecule has 1 heterocycles. The van der Waals surface area contributed by atoms with Crippen LogP contribution in [-0.2, 0) is 0 Å². The zero-order valence-corrected chi connectivity index (χ0v) is 11.3. The standard InChI is InChI=1S/C12H16BrFN2O/c1-8(16-6-4-15-5-7-16)11-10(14)3-2-9(13)12(11)17/h2-3,8,15,17H,4-7H2,1H3/t8-/m1/s1. The molecule has 0 amide bonds. The molecule has 1 aromatic rings. The first-order valence-electron chi connectivity index (χ1n) is 5.73. The molecule has 3 nitrogen and oxygen atoms in total. The van der Waals surface area contributed by atoms with Crippen molar-refractivity contribution in [2.24, 2.45) is 0 Å². The van der Waals surface area contributed by atoms with Crippen LogP contribution in [0.25, 0.3) is 0 Å². The number of phenols is 1. The highest BCUT2D eigenvalue weighted by molar-refractivity contribution is 9.10. The molecular formula is C12H16BrFN2O. The molecule has 0 aliphatic carbocycles. The highest BCUT2D eigenvalue weighted by Crippen LogP contribution is 2.36. The Balaban J connectivity index is 2.29. The normalized spacial score (nSPS) is 19.2. The molecule has 0 saturated carbocycles. The molecule has 0 radical (unpaired) electrons. The number of hydrogen-bond donors (Lipinski definition) is 2. The van der Waals surface area contributed by atoms with Gasteiger partial charge >= 0.3 is 0 Å². The van der Waals surface area contributed by atoms with E-state index < -0.39 is 0 Å². The third-order valence-corrected chi connectivity index (χ3v) is 3.87. The van der Waals surface area contributed by atoms with Crippen molar-refractivity contribution in [3.63, 3.8) is 0 Å². The number of nitrogens with zero attached hydrogens (tertiary/aromatic N) is 1. The average Bonchev–Trinajstić information content (AvgIpc) is 2.35. The second kappa shape index (κ2) is 5.33. The highest BCUT2D eigenvalue weighted by Gasteiger charge is 2.24. The van der Waals surface area contributed by atoms with Crippen LogP contribution < -0.4 is 5.32 Å². The van der Waals surface area contributed by atoms with Crippen LogP contribution in [0.2, 0.25) is 0 Å². The van der Waals surface area contributed by atoms with E-state index in [0.29, 0.717) is 10.0 Å². The van der Waals surface area contributed by atoms with Crippen LogP contribution in [0.5, 0.6) is 5.75 Å². The van der Waals surface area contributed by atoms with Gasteiger partial charge in [0, 0.05) is 37.8 Å². The maximum atomic E-state index is 13.8. The smallest absolute Gasteiger partial charge is 0.137 e. The molecule has 1 aliphatic heterocycles. The molecule has 0 bridgehead atoms. The van der Waals surface area contributed by atoms with Gasteiger partial charge in [0.15, 0.2) is 0 Å². The number of phenolic OH excluding ortho intramolecular Hbond substituents is 1. The van der Waals surface area contributed by atoms with Gasteiger partial charge < -0.3 is 10.4 Å². The topological polar surface area (TPSA) is 35.5 Å². The monoisotopic (exact) mass is 302 g/mol. The lowest BCUT2D eigenvalue weighted by Crippen LogP contribution is -2.44. The Morgan fingerprint density at radius 2 is 2.06 bits per heavy atom. The van der Waals surface area contributed by atoms with Gasteiger partial charge in [-0.2, -0.15) is 0 Å². The molecule has 1 aromatic carbocycles. The fraction of sp³-hybridized carbons (Fsp3) is 0.500. The maximum Gasteiger partial charge on any atom is 0.137 e. The highest BCUT2D eigenvalue weighted by atomic mass is 79.9. The lowest BCUT2D eigenvalue weighted by molar-refractivity contribution is 0.179. The van der Waals surface area contributed by atoms with E-state index in [9.17, 15) is 9.50 Å². The molecule has 0 spiro atoms. The van der Waals surface area contributed by atoms with E-state index in [1.807, 2.05) is 6.92 Å². The summed E-state index contributed by atoms with van der Waals surface area (Å²) >= 11 is 3.22. The maximum absolute atomic E-state index is 13.8. The summed E-state index contributed by atoms with van der Waals surface area (Å²) in [6.07, 6.45) is 0. The molecule has 5 heteroatoms. The summed E-state index contributed by atoms with van der Waals surface area (Å²) in [6, 6.07) is 2.80. The number of halogens is 2. The molecule has 94 valence electrons. The first-order chi connectivity index (χ1) is 8.11. The zero-order valence-electron chi connectivity index (χ0n) is 9.71. The van der Waals surface area contributed by atoms with Gasteiger partial charge in [-0.3, -0.25) is 4.90 Å². The van der Waals surface area contributed by atoms with E-state index in [2.05, 4.69) is 26.1 Å². The number of aromatic hydroxyl groups is 1. The summed E-state index contributed by atoms with van der Waals surface area (Å²) in [5, 5.41) is 13.2. The molecule has 1 atom stereocenters. The van der Waals surface area contributed by atoms with Crippen molar-refractivity contribution in [1.29, 1.82) is 0 Å². The van der Waals surface area contributed by atoms with Gasteiger partial charge in [-0.05, 0) is 35.0 Å². The van der Waals surface area contributed by atoms with E-state index in [1.165, 1.54) is 12.1 Å². The molecule has 0 unspecified atom stereocenters. The van der Waals surface area contributed by atoms with Crippen LogP contribution in [0.4, 0.5) is 4.39 Å². The molecule has 1 aliphatic rings. The van der Waals surface area contributed by atoms with E-state index in [0.717, 1.165) is 26.2 Å². The van der Waals surface area contributed by atoms with Gasteiger partial charge in [-0.1, -0.05) is 0 Å². The third-order valence-electron chi connectivity index (χ3n) is 3.23. The van der Waals surface area contributed by atoms with E-state index >= 15 is 0 Å². The largest absolute Gasteiger partial charge is 0.506 e. The lowest BCUT2D eigenvalue weighted by atomic mass is 10.0. The molecule has 2 rings (SSSR count). The summed E-state index contributed by atoms with van der Waals surface area (Å²) < 4.78 is 14.4. The number of benzene rings is 1. The summed E-state index contributed by atoms with van der Waals surface area (Å²) in [5.74, 6) is -0.340. The number of hydrogen-bond acceptors (Lipinski definition) is 3. The quantitative estimate of drug-likeness (QED) is 0.880. The van der Waals surface area contributed by atoms with Gasteiger partial charge in [0.25, 0.3) is 0 Å². The second-order valence-corrected chi connectivity index (χ2v) is 5.11. The molecular weight excluding hydrogens is 287 g/mol. The molecule has 17 heavy (non-hydrogen) atoms. The van der Waals surface area contributed by atoms with Crippen molar-refractivity contribution in [2.45, 2.75) is 13.0 Å². The zero-order chi connectivity index (χ0) is 12.4. The van der Waals surface area contributed by atoms with Crippen molar-refractivity contribution in [3.8, 4) is 5.75 Å². The predicted molar refractivity (Wildman–Crippen MR) is 68.6 cm³/mol. The Morgan fingerprint density at radius 3 is 2.71 bits per heavy atom. The van der Waals surface area contributed by atoms with Gasteiger partial charge in [-0.15, -0.1) is 0 Å². The Kier molecular flexibility index (Phi) is 4.01. The Morgan fingerprint density at radius 1 is 1.41 bits per heavy atom. The summed E-state index contributed by atoms with van der Waals surface area (Å²) in [6.45, 7) is 5.47. The van der Waals surface area contributed by atoms with E-state index in [-0.39, 0.29) is 17.6 Å². The van der Waals surface area contributed by atoms with Crippen molar-refractivity contribution in [1.82, 2.24) is 10.2 Å². The van der Waals surface area contributed by atoms with E-state index in [4.69, 9.17) is 0 Å². The molecule has 2 N–H and O–H groups in total. The predicted octanol–water partition coefficient (Wildman–Crippen LogP) is 2.26. The Bertz CT molecular complexity index is 408. The van der Waals surface area contributed by atoms with Crippen LogP contribution in [0.1, 0.15) is 18.5 Å². The average molecular weight is 303 g/mol. The fourth-order valence-corrected chi connectivity index (χ4v) is 2.55. The van der Waals surface area contributed by atoms with Crippen LogP contribution in [0.3, 0.4) is 0 Å². The molecule has 0 aromatic heterocycles. The van der Waals surface area contributed by atoms with Crippen molar-refractivity contribution in [3.05, 3.63) is 28.0 Å². The summed E-state index contributed by atoms with van der Waals surface area (Å²) in [7, 11) is 0. The minimum Gasteiger partial charge on any atom is -0.506 e. The first kappa shape index (κ1) is 12.8. The van der Waals surface area contributed by atoms with Crippen LogP contribution in [-0.4, -0.2) is 36.2 Å². The Hall–Kier alpha value is -0.650. The van der Waals surface area contributed by atoms with Gasteiger partial charge in [0.05, 0.1) is 4.47 Å².